The predicted octanol–water partition coefficient (Wildman–Crippen LogP) is 5.49. The summed E-state index contributed by atoms with van der Waals surface area (Å²) >= 11 is 0. The van der Waals surface area contributed by atoms with Crippen molar-refractivity contribution in [2.45, 2.75) is 65.2 Å². The quantitative estimate of drug-likeness (QED) is 0.524. The Morgan fingerprint density at radius 2 is 1.17 bits per heavy atom. The maximum Gasteiger partial charge on any atom is 0.0977 e. The van der Waals surface area contributed by atoms with Crippen LogP contribution in [0.5, 0.6) is 0 Å². The Bertz CT molecular complexity index is 604. The van der Waals surface area contributed by atoms with Crippen molar-refractivity contribution in [3.63, 3.8) is 0 Å². The summed E-state index contributed by atoms with van der Waals surface area (Å²) < 4.78 is 22.6. The van der Waals surface area contributed by atoms with Gasteiger partial charge in [-0.15, -0.1) is 0 Å². The third kappa shape index (κ3) is 4.07. The predicted molar refractivity (Wildman–Crippen MR) is 117 cm³/mol. The zero-order valence-corrected chi connectivity index (χ0v) is 19.0. The molecule has 6 rings (SSSR count). The van der Waals surface area contributed by atoms with Gasteiger partial charge in [-0.25, -0.2) is 0 Å². The van der Waals surface area contributed by atoms with E-state index in [1.54, 1.807) is 0 Å². The SMILES string of the molecule is CCC1(COC2=CC3CCC2C3)COC1.CCC1(COC2=CC3CCC2C3)COC1. The van der Waals surface area contributed by atoms with Crippen molar-refractivity contribution in [1.82, 2.24) is 0 Å². The molecule has 30 heavy (non-hydrogen) atoms. The maximum absolute atomic E-state index is 6.02. The molecule has 0 spiro atoms. The van der Waals surface area contributed by atoms with Gasteiger partial charge >= 0.3 is 0 Å². The minimum atomic E-state index is 0.336. The molecule has 2 aliphatic heterocycles. The number of fused-ring (bicyclic) bond motifs is 4. The summed E-state index contributed by atoms with van der Waals surface area (Å²) in [5.41, 5.74) is 0.672. The topological polar surface area (TPSA) is 36.9 Å². The minimum absolute atomic E-state index is 0.336. The van der Waals surface area contributed by atoms with Gasteiger partial charge in [0.15, 0.2) is 0 Å². The number of hydrogen-bond donors (Lipinski definition) is 0. The first kappa shape index (κ1) is 20.9. The molecule has 6 aliphatic rings. The Hall–Kier alpha value is -1.00. The van der Waals surface area contributed by atoms with Crippen LogP contribution in [0.3, 0.4) is 0 Å². The number of allylic oxidation sites excluding steroid dienone is 4. The van der Waals surface area contributed by atoms with E-state index in [-0.39, 0.29) is 0 Å². The Balaban J connectivity index is 0.000000128. The maximum atomic E-state index is 6.02. The van der Waals surface area contributed by atoms with Crippen molar-refractivity contribution in [3.8, 4) is 0 Å². The zero-order chi connectivity index (χ0) is 20.6. The van der Waals surface area contributed by atoms with Crippen LogP contribution in [0.15, 0.2) is 23.7 Å². The van der Waals surface area contributed by atoms with Gasteiger partial charge in [0.1, 0.15) is 0 Å². The van der Waals surface area contributed by atoms with Gasteiger partial charge in [0.25, 0.3) is 0 Å². The summed E-state index contributed by atoms with van der Waals surface area (Å²) in [4.78, 5) is 0. The van der Waals surface area contributed by atoms with Crippen LogP contribution in [0.4, 0.5) is 0 Å². The van der Waals surface area contributed by atoms with Crippen LogP contribution in [-0.2, 0) is 18.9 Å². The molecule has 4 aliphatic carbocycles. The van der Waals surface area contributed by atoms with E-state index in [2.05, 4.69) is 26.0 Å². The molecule has 0 aromatic carbocycles. The van der Waals surface area contributed by atoms with Gasteiger partial charge in [-0.3, -0.25) is 0 Å². The van der Waals surface area contributed by atoms with E-state index in [4.69, 9.17) is 18.9 Å². The van der Waals surface area contributed by atoms with E-state index in [9.17, 15) is 0 Å². The first-order chi connectivity index (χ1) is 14.6. The van der Waals surface area contributed by atoms with Gasteiger partial charge in [-0.2, -0.15) is 0 Å². The molecule has 0 radical (unpaired) electrons. The second kappa shape index (κ2) is 8.50. The molecule has 4 atom stereocenters. The third-order valence-corrected chi connectivity index (χ3v) is 8.77. The van der Waals surface area contributed by atoms with Gasteiger partial charge in [0.05, 0.1) is 62.0 Å². The van der Waals surface area contributed by atoms with Crippen LogP contribution in [0.2, 0.25) is 0 Å². The van der Waals surface area contributed by atoms with Crippen LogP contribution in [0.25, 0.3) is 0 Å². The van der Waals surface area contributed by atoms with Crippen molar-refractivity contribution in [2.24, 2.45) is 34.5 Å². The lowest BCUT2D eigenvalue weighted by Gasteiger charge is -2.40. The first-order valence-corrected chi connectivity index (χ1v) is 12.5. The van der Waals surface area contributed by atoms with Gasteiger partial charge in [-0.05, 0) is 75.4 Å². The monoisotopic (exact) mass is 416 g/mol. The van der Waals surface area contributed by atoms with Gasteiger partial charge < -0.3 is 18.9 Å². The summed E-state index contributed by atoms with van der Waals surface area (Å²) in [6.07, 6.45) is 15.3. The zero-order valence-electron chi connectivity index (χ0n) is 19.0. The second-order valence-corrected chi connectivity index (χ2v) is 10.9. The summed E-state index contributed by atoms with van der Waals surface area (Å²) in [5, 5.41) is 0. The van der Waals surface area contributed by atoms with Crippen LogP contribution in [0.1, 0.15) is 65.2 Å². The molecule has 4 nitrogen and oxygen atoms in total. The van der Waals surface area contributed by atoms with Crippen molar-refractivity contribution in [1.29, 1.82) is 0 Å². The Morgan fingerprint density at radius 3 is 1.40 bits per heavy atom. The molecule has 2 saturated heterocycles. The molecule has 2 saturated carbocycles. The molecule has 4 bridgehead atoms. The van der Waals surface area contributed by atoms with Gasteiger partial charge in [-0.1, -0.05) is 13.8 Å². The van der Waals surface area contributed by atoms with E-state index in [0.29, 0.717) is 10.8 Å². The highest BCUT2D eigenvalue weighted by Gasteiger charge is 2.41. The lowest BCUT2D eigenvalue weighted by atomic mass is 9.84. The molecule has 4 heteroatoms. The first-order valence-electron chi connectivity index (χ1n) is 12.5. The third-order valence-electron chi connectivity index (χ3n) is 8.77. The lowest BCUT2D eigenvalue weighted by Crippen LogP contribution is -2.45. The van der Waals surface area contributed by atoms with E-state index in [1.807, 2.05) is 0 Å². The Labute approximate surface area is 182 Å². The summed E-state index contributed by atoms with van der Waals surface area (Å²) in [7, 11) is 0. The van der Waals surface area contributed by atoms with Crippen LogP contribution in [-0.4, -0.2) is 39.6 Å². The Kier molecular flexibility index (Phi) is 5.92. The number of ether oxygens (including phenoxy) is 4. The normalized spacial score (nSPS) is 36.2. The molecular formula is C26H40O4. The molecule has 4 unspecified atom stereocenters. The largest absolute Gasteiger partial charge is 0.497 e. The lowest BCUT2D eigenvalue weighted by molar-refractivity contribution is -0.143. The number of hydrogen-bond acceptors (Lipinski definition) is 4. The molecule has 0 N–H and O–H groups in total. The fourth-order valence-electron chi connectivity index (χ4n) is 5.95. The van der Waals surface area contributed by atoms with Gasteiger partial charge in [0.2, 0.25) is 0 Å². The minimum Gasteiger partial charge on any atom is -0.497 e. The Morgan fingerprint density at radius 1 is 0.733 bits per heavy atom. The second-order valence-electron chi connectivity index (χ2n) is 10.9. The van der Waals surface area contributed by atoms with Crippen LogP contribution >= 0.6 is 0 Å². The standard InChI is InChI=1S/2C13H20O2/c2*1-2-13(7-14-8-13)9-15-12-6-10-3-4-11(12)5-10/h2*6,10-11H,2-5,7-9H2,1H3. The molecule has 0 aromatic rings. The smallest absolute Gasteiger partial charge is 0.0977 e. The fourth-order valence-corrected chi connectivity index (χ4v) is 5.95. The summed E-state index contributed by atoms with van der Waals surface area (Å²) in [5.74, 6) is 5.77. The highest BCUT2D eigenvalue weighted by Crippen LogP contribution is 2.46. The van der Waals surface area contributed by atoms with Crippen molar-refractivity contribution in [2.75, 3.05) is 39.6 Å². The van der Waals surface area contributed by atoms with E-state index >= 15 is 0 Å². The molecule has 0 aromatic heterocycles. The molecule has 4 fully saturated rings. The average Bonchev–Trinajstić information content (AvgIpc) is 3.49. The van der Waals surface area contributed by atoms with Crippen molar-refractivity contribution in [3.05, 3.63) is 23.7 Å². The molecule has 168 valence electrons. The average molecular weight is 417 g/mol. The molecular weight excluding hydrogens is 376 g/mol. The van der Waals surface area contributed by atoms with E-state index in [1.165, 1.54) is 62.9 Å². The van der Waals surface area contributed by atoms with Gasteiger partial charge in [0, 0.05) is 11.8 Å². The number of rotatable bonds is 8. The summed E-state index contributed by atoms with van der Waals surface area (Å²) in [6, 6.07) is 0. The van der Waals surface area contributed by atoms with Crippen molar-refractivity contribution < 1.29 is 18.9 Å². The molecule has 2 heterocycles. The highest BCUT2D eigenvalue weighted by atomic mass is 16.5. The van der Waals surface area contributed by atoms with E-state index in [0.717, 1.165) is 63.3 Å². The van der Waals surface area contributed by atoms with Crippen molar-refractivity contribution >= 4 is 0 Å². The summed E-state index contributed by atoms with van der Waals surface area (Å²) in [6.45, 7) is 9.80. The molecule has 0 amide bonds. The van der Waals surface area contributed by atoms with Crippen LogP contribution in [0, 0.1) is 34.5 Å². The highest BCUT2D eigenvalue weighted by molar-refractivity contribution is 5.15. The van der Waals surface area contributed by atoms with E-state index < -0.39 is 0 Å². The van der Waals surface area contributed by atoms with Crippen LogP contribution < -0.4 is 0 Å². The fraction of sp³-hybridized carbons (Fsp3) is 0.846.